The van der Waals surface area contributed by atoms with Crippen molar-refractivity contribution >= 4 is 18.3 Å². The van der Waals surface area contributed by atoms with E-state index in [4.69, 9.17) is 4.74 Å². The molecule has 0 saturated carbocycles. The van der Waals surface area contributed by atoms with Gasteiger partial charge in [0.15, 0.2) is 0 Å². The maximum absolute atomic E-state index is 12.2. The lowest BCUT2D eigenvalue weighted by atomic mass is 10.0. The first-order chi connectivity index (χ1) is 12.7. The maximum atomic E-state index is 12.2. The second-order valence-corrected chi connectivity index (χ2v) is 6.61. The van der Waals surface area contributed by atoms with Gasteiger partial charge in [0, 0.05) is 6.54 Å². The minimum absolute atomic E-state index is 0. The molecule has 27 heavy (non-hydrogen) atoms. The number of hydrogen-bond donors (Lipinski definition) is 3. The van der Waals surface area contributed by atoms with Crippen molar-refractivity contribution in [2.45, 2.75) is 38.0 Å². The van der Waals surface area contributed by atoms with Crippen LogP contribution in [0.2, 0.25) is 0 Å². The Kier molecular flexibility index (Phi) is 8.58. The minimum atomic E-state index is -0.761. The van der Waals surface area contributed by atoms with E-state index < -0.39 is 6.10 Å². The maximum Gasteiger partial charge on any atom is 0.237 e. The van der Waals surface area contributed by atoms with Gasteiger partial charge in [-0.3, -0.25) is 4.79 Å². The van der Waals surface area contributed by atoms with Crippen molar-refractivity contribution in [1.82, 2.24) is 10.6 Å². The van der Waals surface area contributed by atoms with E-state index in [1.54, 1.807) is 0 Å². The molecule has 1 heterocycles. The molecule has 0 bridgehead atoms. The van der Waals surface area contributed by atoms with Crippen LogP contribution in [0, 0.1) is 0 Å². The average Bonchev–Trinajstić information content (AvgIpc) is 2.72. The van der Waals surface area contributed by atoms with Crippen LogP contribution in [-0.2, 0) is 11.4 Å². The Labute approximate surface area is 166 Å². The minimum Gasteiger partial charge on any atom is -0.489 e. The summed E-state index contributed by atoms with van der Waals surface area (Å²) in [6, 6.07) is 17.2. The van der Waals surface area contributed by atoms with E-state index in [0.717, 1.165) is 36.9 Å². The Balaban J connectivity index is 0.00000261. The SMILES string of the molecule is Cl.O=C(NCC(O)c1cccc(OCc2ccccc2)c1)C1CCCCN1. The van der Waals surface area contributed by atoms with Crippen molar-refractivity contribution in [3.63, 3.8) is 0 Å². The predicted octanol–water partition coefficient (Wildman–Crippen LogP) is 2.98. The monoisotopic (exact) mass is 390 g/mol. The zero-order valence-electron chi connectivity index (χ0n) is 15.3. The van der Waals surface area contributed by atoms with Gasteiger partial charge in [-0.2, -0.15) is 0 Å². The zero-order valence-corrected chi connectivity index (χ0v) is 16.1. The van der Waals surface area contributed by atoms with Crippen LogP contribution in [0.25, 0.3) is 0 Å². The van der Waals surface area contributed by atoms with Crippen LogP contribution >= 0.6 is 12.4 Å². The summed E-state index contributed by atoms with van der Waals surface area (Å²) in [7, 11) is 0. The lowest BCUT2D eigenvalue weighted by Gasteiger charge is -2.23. The van der Waals surface area contributed by atoms with Gasteiger partial charge in [-0.05, 0) is 42.6 Å². The fourth-order valence-corrected chi connectivity index (χ4v) is 3.07. The van der Waals surface area contributed by atoms with E-state index in [0.29, 0.717) is 12.4 Å². The largest absolute Gasteiger partial charge is 0.489 e. The molecule has 2 atom stereocenters. The molecule has 2 unspecified atom stereocenters. The van der Waals surface area contributed by atoms with Crippen LogP contribution in [0.15, 0.2) is 54.6 Å². The number of halogens is 1. The van der Waals surface area contributed by atoms with Gasteiger partial charge in [0.25, 0.3) is 0 Å². The molecule has 1 fully saturated rings. The molecule has 1 aliphatic heterocycles. The molecule has 0 aliphatic carbocycles. The summed E-state index contributed by atoms with van der Waals surface area (Å²) >= 11 is 0. The van der Waals surface area contributed by atoms with Gasteiger partial charge in [-0.25, -0.2) is 0 Å². The lowest BCUT2D eigenvalue weighted by Crippen LogP contribution is -2.47. The Morgan fingerprint density at radius 3 is 2.74 bits per heavy atom. The van der Waals surface area contributed by atoms with Crippen molar-refractivity contribution in [3.05, 3.63) is 65.7 Å². The number of piperidine rings is 1. The zero-order chi connectivity index (χ0) is 18.2. The third kappa shape index (κ3) is 6.54. The Bertz CT molecular complexity index is 706. The molecule has 0 spiro atoms. The first-order valence-electron chi connectivity index (χ1n) is 9.18. The standard InChI is InChI=1S/C21H26N2O3.ClH/c24-20(14-23-21(25)19-11-4-5-12-22-19)17-9-6-10-18(13-17)26-15-16-7-2-1-3-8-16;/h1-3,6-10,13,19-20,22,24H,4-5,11-12,14-15H2,(H,23,25);1H. The molecular formula is C21H27ClN2O3. The summed E-state index contributed by atoms with van der Waals surface area (Å²) in [5.41, 5.74) is 1.82. The number of ether oxygens (including phenoxy) is 1. The molecule has 1 aliphatic rings. The van der Waals surface area contributed by atoms with Crippen LogP contribution in [0.1, 0.15) is 36.5 Å². The Morgan fingerprint density at radius 2 is 2.00 bits per heavy atom. The predicted molar refractivity (Wildman–Crippen MR) is 108 cm³/mol. The molecule has 0 aromatic heterocycles. The van der Waals surface area contributed by atoms with Crippen LogP contribution in [-0.4, -0.2) is 30.1 Å². The molecule has 2 aromatic carbocycles. The van der Waals surface area contributed by atoms with Crippen molar-refractivity contribution < 1.29 is 14.6 Å². The highest BCUT2D eigenvalue weighted by Gasteiger charge is 2.21. The van der Waals surface area contributed by atoms with Crippen molar-refractivity contribution in [1.29, 1.82) is 0 Å². The summed E-state index contributed by atoms with van der Waals surface area (Å²) in [5.74, 6) is 0.658. The summed E-state index contributed by atoms with van der Waals surface area (Å²) in [6.07, 6.45) is 2.27. The molecule has 1 saturated heterocycles. The number of amides is 1. The quantitative estimate of drug-likeness (QED) is 0.679. The third-order valence-corrected chi connectivity index (χ3v) is 4.59. The number of benzene rings is 2. The Hall–Kier alpha value is -2.08. The molecule has 146 valence electrons. The van der Waals surface area contributed by atoms with Gasteiger partial charge < -0.3 is 20.5 Å². The summed E-state index contributed by atoms with van der Waals surface area (Å²) < 4.78 is 5.80. The molecule has 1 amide bonds. The third-order valence-electron chi connectivity index (χ3n) is 4.59. The molecule has 6 heteroatoms. The van der Waals surface area contributed by atoms with E-state index >= 15 is 0 Å². The van der Waals surface area contributed by atoms with Crippen molar-refractivity contribution in [2.75, 3.05) is 13.1 Å². The molecular weight excluding hydrogens is 364 g/mol. The van der Waals surface area contributed by atoms with Gasteiger partial charge in [0.1, 0.15) is 12.4 Å². The normalized spacial score (nSPS) is 17.4. The molecule has 2 aromatic rings. The fraction of sp³-hybridized carbons (Fsp3) is 0.381. The average molecular weight is 391 g/mol. The highest BCUT2D eigenvalue weighted by molar-refractivity contribution is 5.85. The fourth-order valence-electron chi connectivity index (χ4n) is 3.07. The van der Waals surface area contributed by atoms with E-state index in [1.165, 1.54) is 0 Å². The summed E-state index contributed by atoms with van der Waals surface area (Å²) in [6.45, 7) is 1.55. The molecule has 3 N–H and O–H groups in total. The highest BCUT2D eigenvalue weighted by Crippen LogP contribution is 2.20. The molecule has 5 nitrogen and oxygen atoms in total. The summed E-state index contributed by atoms with van der Waals surface area (Å²) in [5, 5.41) is 16.4. The molecule has 0 radical (unpaired) electrons. The van der Waals surface area contributed by atoms with Gasteiger partial charge in [-0.15, -0.1) is 12.4 Å². The number of carbonyl (C=O) groups excluding carboxylic acids is 1. The second-order valence-electron chi connectivity index (χ2n) is 6.61. The van der Waals surface area contributed by atoms with E-state index in [-0.39, 0.29) is 30.9 Å². The second kappa shape index (κ2) is 10.9. The van der Waals surface area contributed by atoms with Gasteiger partial charge >= 0.3 is 0 Å². The van der Waals surface area contributed by atoms with Gasteiger partial charge in [0.2, 0.25) is 5.91 Å². The number of nitrogens with one attached hydrogen (secondary N) is 2. The number of aliphatic hydroxyl groups excluding tert-OH is 1. The molecule has 3 rings (SSSR count). The summed E-state index contributed by atoms with van der Waals surface area (Å²) in [4.78, 5) is 12.2. The number of hydrogen-bond acceptors (Lipinski definition) is 4. The van der Waals surface area contributed by atoms with Crippen LogP contribution in [0.4, 0.5) is 0 Å². The van der Waals surface area contributed by atoms with Crippen LogP contribution in [0.5, 0.6) is 5.75 Å². The van der Waals surface area contributed by atoms with Gasteiger partial charge in [-0.1, -0.05) is 48.9 Å². The number of rotatable bonds is 7. The highest BCUT2D eigenvalue weighted by atomic mass is 35.5. The topological polar surface area (TPSA) is 70.6 Å². The lowest BCUT2D eigenvalue weighted by molar-refractivity contribution is -0.124. The first-order valence-corrected chi connectivity index (χ1v) is 9.18. The van der Waals surface area contributed by atoms with Crippen LogP contribution in [0.3, 0.4) is 0 Å². The van der Waals surface area contributed by atoms with E-state index in [9.17, 15) is 9.90 Å². The van der Waals surface area contributed by atoms with Crippen molar-refractivity contribution in [2.24, 2.45) is 0 Å². The van der Waals surface area contributed by atoms with Crippen LogP contribution < -0.4 is 15.4 Å². The number of aliphatic hydroxyl groups is 1. The Morgan fingerprint density at radius 1 is 1.19 bits per heavy atom. The van der Waals surface area contributed by atoms with E-state index in [2.05, 4.69) is 10.6 Å². The van der Waals surface area contributed by atoms with Crippen molar-refractivity contribution in [3.8, 4) is 5.75 Å². The first kappa shape index (κ1) is 21.2. The number of carbonyl (C=O) groups is 1. The van der Waals surface area contributed by atoms with Gasteiger partial charge in [0.05, 0.1) is 12.1 Å². The smallest absolute Gasteiger partial charge is 0.237 e. The van der Waals surface area contributed by atoms with E-state index in [1.807, 2.05) is 54.6 Å².